The van der Waals surface area contributed by atoms with E-state index in [0.717, 1.165) is 38.0 Å². The first-order valence-electron chi connectivity index (χ1n) is 7.16. The summed E-state index contributed by atoms with van der Waals surface area (Å²) in [5.41, 5.74) is 4.00. The van der Waals surface area contributed by atoms with E-state index in [9.17, 15) is 0 Å². The molecule has 0 radical (unpaired) electrons. The van der Waals surface area contributed by atoms with Crippen LogP contribution in [-0.4, -0.2) is 4.98 Å². The van der Waals surface area contributed by atoms with Crippen LogP contribution in [0, 0.1) is 0 Å². The van der Waals surface area contributed by atoms with Crippen molar-refractivity contribution in [3.63, 3.8) is 0 Å². The van der Waals surface area contributed by atoms with Crippen LogP contribution in [0.15, 0.2) is 71.1 Å². The van der Waals surface area contributed by atoms with Gasteiger partial charge in [-0.2, -0.15) is 0 Å². The summed E-state index contributed by atoms with van der Waals surface area (Å²) in [6, 6.07) is 22.7. The van der Waals surface area contributed by atoms with Crippen molar-refractivity contribution in [1.29, 1.82) is 0 Å². The molecule has 0 unspecified atom stereocenters. The van der Waals surface area contributed by atoms with E-state index in [1.165, 1.54) is 4.70 Å². The summed E-state index contributed by atoms with van der Waals surface area (Å²) in [6.45, 7) is 0. The molecule has 5 rings (SSSR count). The number of para-hydroxylation sites is 2. The molecule has 104 valence electrons. The largest absolute Gasteiger partial charge is 0.456 e. The lowest BCUT2D eigenvalue weighted by molar-refractivity contribution is 0.669. The van der Waals surface area contributed by atoms with Gasteiger partial charge in [0.1, 0.15) is 16.2 Å². The molecule has 0 spiro atoms. The highest BCUT2D eigenvalue weighted by Crippen LogP contribution is 2.34. The second-order valence-electron chi connectivity index (χ2n) is 5.30. The first-order chi connectivity index (χ1) is 10.9. The second-order valence-corrected chi connectivity index (χ2v) is 6.33. The first kappa shape index (κ1) is 12.0. The Labute approximate surface area is 130 Å². The topological polar surface area (TPSA) is 26.0 Å². The minimum absolute atomic E-state index is 0.915. The van der Waals surface area contributed by atoms with Gasteiger partial charge in [-0.05, 0) is 30.3 Å². The molecule has 0 saturated heterocycles. The molecule has 0 bridgehead atoms. The van der Waals surface area contributed by atoms with Crippen LogP contribution in [0.5, 0.6) is 0 Å². The Morgan fingerprint density at radius 1 is 0.773 bits per heavy atom. The van der Waals surface area contributed by atoms with Crippen LogP contribution in [0.2, 0.25) is 0 Å². The van der Waals surface area contributed by atoms with Crippen LogP contribution in [0.3, 0.4) is 0 Å². The maximum Gasteiger partial charge on any atom is 0.136 e. The Morgan fingerprint density at radius 2 is 1.59 bits per heavy atom. The number of furan rings is 1. The third-order valence-electron chi connectivity index (χ3n) is 3.92. The van der Waals surface area contributed by atoms with Gasteiger partial charge in [0.2, 0.25) is 0 Å². The zero-order valence-electron chi connectivity index (χ0n) is 11.6. The van der Waals surface area contributed by atoms with Crippen molar-refractivity contribution in [2.45, 2.75) is 0 Å². The van der Waals surface area contributed by atoms with E-state index in [1.54, 1.807) is 11.3 Å². The van der Waals surface area contributed by atoms with Crippen molar-refractivity contribution < 1.29 is 4.42 Å². The highest BCUT2D eigenvalue weighted by molar-refractivity contribution is 7.21. The molecule has 3 heteroatoms. The molecule has 0 fully saturated rings. The van der Waals surface area contributed by atoms with E-state index >= 15 is 0 Å². The normalized spacial score (nSPS) is 11.6. The summed E-state index contributed by atoms with van der Waals surface area (Å²) in [6.07, 6.45) is 0. The van der Waals surface area contributed by atoms with Crippen LogP contribution >= 0.6 is 11.3 Å². The fourth-order valence-corrected chi connectivity index (χ4v) is 3.82. The lowest BCUT2D eigenvalue weighted by Crippen LogP contribution is -1.75. The van der Waals surface area contributed by atoms with E-state index in [0.29, 0.717) is 0 Å². The van der Waals surface area contributed by atoms with Crippen LogP contribution in [-0.2, 0) is 0 Å². The molecule has 2 heterocycles. The number of thiazole rings is 1. The van der Waals surface area contributed by atoms with Gasteiger partial charge in [-0.1, -0.05) is 36.4 Å². The molecule has 0 atom stereocenters. The number of hydrogen-bond acceptors (Lipinski definition) is 3. The van der Waals surface area contributed by atoms with Crippen molar-refractivity contribution in [1.82, 2.24) is 4.98 Å². The van der Waals surface area contributed by atoms with E-state index < -0.39 is 0 Å². The summed E-state index contributed by atoms with van der Waals surface area (Å²) in [7, 11) is 0. The Balaban J connectivity index is 1.75. The van der Waals surface area contributed by atoms with Crippen LogP contribution < -0.4 is 0 Å². The fraction of sp³-hybridized carbons (Fsp3) is 0. The van der Waals surface area contributed by atoms with E-state index in [-0.39, 0.29) is 0 Å². The van der Waals surface area contributed by atoms with Gasteiger partial charge in [0.05, 0.1) is 10.2 Å². The van der Waals surface area contributed by atoms with Crippen LogP contribution in [0.1, 0.15) is 0 Å². The van der Waals surface area contributed by atoms with Crippen molar-refractivity contribution in [3.8, 4) is 10.6 Å². The summed E-state index contributed by atoms with van der Waals surface area (Å²) >= 11 is 1.71. The molecule has 0 aliphatic heterocycles. The van der Waals surface area contributed by atoms with Gasteiger partial charge in [0, 0.05) is 16.3 Å². The van der Waals surface area contributed by atoms with Gasteiger partial charge < -0.3 is 4.42 Å². The summed E-state index contributed by atoms with van der Waals surface area (Å²) in [4.78, 5) is 4.72. The van der Waals surface area contributed by atoms with Gasteiger partial charge in [0.15, 0.2) is 0 Å². The average molecular weight is 301 g/mol. The number of aromatic nitrogens is 1. The lowest BCUT2D eigenvalue weighted by Gasteiger charge is -1.95. The predicted molar refractivity (Wildman–Crippen MR) is 92.3 cm³/mol. The van der Waals surface area contributed by atoms with E-state index in [1.807, 2.05) is 30.3 Å². The minimum atomic E-state index is 0.915. The molecule has 2 aromatic heterocycles. The van der Waals surface area contributed by atoms with Crippen molar-refractivity contribution in [2.75, 3.05) is 0 Å². The molecule has 0 saturated carbocycles. The Bertz CT molecular complexity index is 1100. The summed E-state index contributed by atoms with van der Waals surface area (Å²) < 4.78 is 7.18. The third kappa shape index (κ3) is 1.69. The maximum absolute atomic E-state index is 5.97. The Hall–Kier alpha value is -2.65. The van der Waals surface area contributed by atoms with Crippen molar-refractivity contribution in [2.24, 2.45) is 0 Å². The highest BCUT2D eigenvalue weighted by Gasteiger charge is 2.10. The zero-order valence-corrected chi connectivity index (χ0v) is 12.4. The molecule has 0 aliphatic rings. The molecule has 5 aromatic rings. The monoisotopic (exact) mass is 301 g/mol. The molecule has 2 nitrogen and oxygen atoms in total. The first-order valence-corrected chi connectivity index (χ1v) is 7.97. The Kier molecular flexibility index (Phi) is 2.40. The van der Waals surface area contributed by atoms with Gasteiger partial charge in [-0.15, -0.1) is 11.3 Å². The Morgan fingerprint density at radius 3 is 2.55 bits per heavy atom. The summed E-state index contributed by atoms with van der Waals surface area (Å²) in [5.74, 6) is 0. The molecule has 0 amide bonds. The van der Waals surface area contributed by atoms with Crippen LogP contribution in [0.25, 0.3) is 42.7 Å². The van der Waals surface area contributed by atoms with Gasteiger partial charge in [-0.25, -0.2) is 4.98 Å². The van der Waals surface area contributed by atoms with Gasteiger partial charge in [0.25, 0.3) is 0 Å². The van der Waals surface area contributed by atoms with Gasteiger partial charge >= 0.3 is 0 Å². The number of benzene rings is 3. The van der Waals surface area contributed by atoms with Crippen molar-refractivity contribution >= 4 is 43.5 Å². The standard InChI is InChI=1S/C19H11NOS/c1-3-7-16-13(5-1)14-10-9-12(11-17(14)21-16)19-20-15-6-2-4-8-18(15)22-19/h1-11H. The SMILES string of the molecule is c1ccc2sc(-c3ccc4c(c3)oc3ccccc34)nc2c1. The number of fused-ring (bicyclic) bond motifs is 4. The molecule has 0 N–H and O–H groups in total. The van der Waals surface area contributed by atoms with Crippen molar-refractivity contribution in [3.05, 3.63) is 66.7 Å². The molecule has 0 aliphatic carbocycles. The van der Waals surface area contributed by atoms with E-state index in [4.69, 9.17) is 9.40 Å². The van der Waals surface area contributed by atoms with Crippen LogP contribution in [0.4, 0.5) is 0 Å². The third-order valence-corrected chi connectivity index (χ3v) is 5.01. The fourth-order valence-electron chi connectivity index (χ4n) is 2.85. The number of nitrogens with zero attached hydrogens (tertiary/aromatic N) is 1. The molecular formula is C19H11NOS. The quantitative estimate of drug-likeness (QED) is 0.387. The molecule has 3 aromatic carbocycles. The molecular weight excluding hydrogens is 290 g/mol. The lowest BCUT2D eigenvalue weighted by atomic mass is 10.1. The van der Waals surface area contributed by atoms with E-state index in [2.05, 4.69) is 36.4 Å². The van der Waals surface area contributed by atoms with Gasteiger partial charge in [-0.3, -0.25) is 0 Å². The number of hydrogen-bond donors (Lipinski definition) is 0. The summed E-state index contributed by atoms with van der Waals surface area (Å²) in [5, 5.41) is 3.34. The average Bonchev–Trinajstić information content (AvgIpc) is 3.15. The molecule has 22 heavy (non-hydrogen) atoms. The maximum atomic E-state index is 5.97. The second kappa shape index (κ2) is 4.42. The number of rotatable bonds is 1. The minimum Gasteiger partial charge on any atom is -0.456 e. The highest BCUT2D eigenvalue weighted by atomic mass is 32.1. The zero-order chi connectivity index (χ0) is 14.5. The smallest absolute Gasteiger partial charge is 0.136 e. The predicted octanol–water partition coefficient (Wildman–Crippen LogP) is 5.86.